The molecule has 9 N–H and O–H groups in total. The molecule has 4 heterocycles. The molecular weight excluding hydrogens is 1810 g/mol. The van der Waals surface area contributed by atoms with E-state index in [1.165, 1.54) is 62.1 Å². The standard InChI is InChI=1S/C25H32IN3O.C22H26IN3O.C21H24IN3O.C20H22IN3O2/c1-3-4-5-6-7-8-15-29(2)18-19-16-21(10-12-25(19)30)28-23-13-14-27-24-17-20(26)9-11-22(23)24;1-3-5-12-26(4-2)15-16-13-18(7-9-22(16)27)25-20-10-11-24-21-14-17(23)6-8-19(20)21;1-3-11-25(4-2)14-15-12-17(6-8-21(15)26)24-19-9-10-23-20-13-16(22)5-7-18(19)20;1-2-24(9-10-25)13-14-11-16(4-6-20(14)26)23-18-7-8-22-19-12-15(21)3-5-17(18)19/h9-14,16-17,30H,3-8,15,18H2,1-2H3,(H,27,28);6-11,13-14,27H,3-5,12,15H2,1-2H3,(H,24,25);5-10,12-13,26H,3-4,11,14H2,1-2H3,(H,23,24);3-8,11-12,25-26H,2,9-10,13H2,1H3,(H,22,23). The minimum Gasteiger partial charge on any atom is -0.508 e. The molecule has 4 aromatic heterocycles. The van der Waals surface area contributed by atoms with E-state index in [9.17, 15) is 20.4 Å². The summed E-state index contributed by atoms with van der Waals surface area (Å²) in [5, 5.41) is 68.5. The average molecular weight is 1920 g/mol. The molecule has 8 aromatic carbocycles. The van der Waals surface area contributed by atoms with Crippen LogP contribution in [0.5, 0.6) is 23.0 Å². The minimum absolute atomic E-state index is 0.106. The first-order valence-corrected chi connectivity index (χ1v) is 42.2. The van der Waals surface area contributed by atoms with Gasteiger partial charge in [-0.25, -0.2) is 0 Å². The molecule has 0 bridgehead atoms. The quantitative estimate of drug-likeness (QED) is 0.0106. The monoisotopic (exact) mass is 1920 g/mol. The largest absolute Gasteiger partial charge is 0.508 e. The van der Waals surface area contributed by atoms with E-state index in [-0.39, 0.29) is 12.4 Å². The van der Waals surface area contributed by atoms with Crippen LogP contribution in [-0.4, -0.2) is 125 Å². The van der Waals surface area contributed by atoms with Gasteiger partial charge in [0.25, 0.3) is 0 Å². The summed E-state index contributed by atoms with van der Waals surface area (Å²) in [6.45, 7) is 22.4. The third-order valence-corrected chi connectivity index (χ3v) is 21.6. The van der Waals surface area contributed by atoms with E-state index in [0.29, 0.717) is 30.3 Å². The highest BCUT2D eigenvalue weighted by Crippen LogP contribution is 2.35. The van der Waals surface area contributed by atoms with Gasteiger partial charge in [0.2, 0.25) is 0 Å². The van der Waals surface area contributed by atoms with Crippen LogP contribution < -0.4 is 21.3 Å². The van der Waals surface area contributed by atoms with Crippen LogP contribution in [0.25, 0.3) is 43.6 Å². The molecule has 12 rings (SSSR count). The van der Waals surface area contributed by atoms with Crippen LogP contribution in [0.4, 0.5) is 45.5 Å². The predicted octanol–water partition coefficient (Wildman–Crippen LogP) is 22.6. The number of rotatable bonds is 33. The maximum Gasteiger partial charge on any atom is 0.120 e. The molecule has 0 radical (unpaired) electrons. The van der Waals surface area contributed by atoms with Crippen molar-refractivity contribution in [3.05, 3.63) is 231 Å². The van der Waals surface area contributed by atoms with Gasteiger partial charge in [0.05, 0.1) is 28.7 Å². The number of nitrogens with one attached hydrogen (secondary N) is 4. The zero-order chi connectivity index (χ0) is 77.6. The van der Waals surface area contributed by atoms with E-state index in [1.54, 1.807) is 30.5 Å². The lowest BCUT2D eigenvalue weighted by Gasteiger charge is -2.21. The minimum atomic E-state index is 0.106. The van der Waals surface area contributed by atoms with Gasteiger partial charge in [0.15, 0.2) is 0 Å². The molecule has 574 valence electrons. The highest BCUT2D eigenvalue weighted by molar-refractivity contribution is 14.1. The highest BCUT2D eigenvalue weighted by Gasteiger charge is 2.16. The number of nitrogens with zero attached hydrogens (tertiary/aromatic N) is 8. The lowest BCUT2D eigenvalue weighted by Crippen LogP contribution is -2.26. The SMILES string of the molecule is CCCCCCCCN(C)Cc1cc(Nc2ccnc3cc(I)ccc23)ccc1O.CCCCN(CC)Cc1cc(Nc2ccnc3cc(I)ccc23)ccc1O.CCCN(CC)Cc1cc(Nc2ccnc3cc(I)ccc23)ccc1O.CCN(CCO)Cc1cc(Nc2ccnc3cc(I)ccc23)ccc1O. The van der Waals surface area contributed by atoms with E-state index >= 15 is 0 Å². The lowest BCUT2D eigenvalue weighted by molar-refractivity contribution is 0.195. The Morgan fingerprint density at radius 1 is 0.312 bits per heavy atom. The summed E-state index contributed by atoms with van der Waals surface area (Å²) in [4.78, 5) is 26.9. The summed E-state index contributed by atoms with van der Waals surface area (Å²) in [6, 6.07) is 55.6. The van der Waals surface area contributed by atoms with Gasteiger partial charge < -0.3 is 51.7 Å². The number of aliphatic hydroxyl groups excluding tert-OH is 1. The van der Waals surface area contributed by atoms with Crippen molar-refractivity contribution in [2.45, 2.75) is 126 Å². The molecule has 0 aliphatic rings. The average Bonchev–Trinajstić information content (AvgIpc) is 0.821. The summed E-state index contributed by atoms with van der Waals surface area (Å²) in [7, 11) is 2.13. The van der Waals surface area contributed by atoms with Crippen LogP contribution >= 0.6 is 90.4 Å². The number of anilines is 8. The third-order valence-electron chi connectivity index (χ3n) is 18.9. The second kappa shape index (κ2) is 44.5. The van der Waals surface area contributed by atoms with Gasteiger partial charge in [-0.3, -0.25) is 34.6 Å². The summed E-state index contributed by atoms with van der Waals surface area (Å²) in [6.07, 6.45) is 18.5. The molecule has 17 nitrogen and oxygen atoms in total. The van der Waals surface area contributed by atoms with Gasteiger partial charge >= 0.3 is 0 Å². The second-order valence-electron chi connectivity index (χ2n) is 27.1. The first kappa shape index (κ1) is 85.5. The van der Waals surface area contributed by atoms with Crippen molar-refractivity contribution in [1.29, 1.82) is 0 Å². The number of aliphatic hydroxyl groups is 1. The van der Waals surface area contributed by atoms with Crippen molar-refractivity contribution in [3.63, 3.8) is 0 Å². The summed E-state index contributed by atoms with van der Waals surface area (Å²) in [5.74, 6) is 1.31. The number of aromatic hydroxyl groups is 4. The molecule has 0 amide bonds. The van der Waals surface area contributed by atoms with Gasteiger partial charge in [-0.1, -0.05) is 80.1 Å². The molecule has 109 heavy (non-hydrogen) atoms. The van der Waals surface area contributed by atoms with E-state index in [4.69, 9.17) is 5.11 Å². The normalized spacial score (nSPS) is 11.3. The van der Waals surface area contributed by atoms with Crippen molar-refractivity contribution in [2.24, 2.45) is 0 Å². The van der Waals surface area contributed by atoms with Crippen molar-refractivity contribution in [2.75, 3.05) is 80.7 Å². The summed E-state index contributed by atoms with van der Waals surface area (Å²) in [5.41, 5.74) is 15.4. The molecule has 0 aliphatic carbocycles. The Bertz CT molecular complexity index is 4730. The van der Waals surface area contributed by atoms with Gasteiger partial charge in [-0.15, -0.1) is 0 Å². The van der Waals surface area contributed by atoms with Crippen LogP contribution in [0, 0.1) is 14.3 Å². The van der Waals surface area contributed by atoms with Gasteiger partial charge in [0, 0.05) is 161 Å². The third kappa shape index (κ3) is 26.3. The van der Waals surface area contributed by atoms with Crippen LogP contribution in [0.15, 0.2) is 195 Å². The van der Waals surface area contributed by atoms with Crippen LogP contribution in [0.3, 0.4) is 0 Å². The number of hydrogen-bond acceptors (Lipinski definition) is 17. The Balaban J connectivity index is 0.000000168. The van der Waals surface area contributed by atoms with Crippen LogP contribution in [0.1, 0.15) is 122 Å². The molecule has 0 unspecified atom stereocenters. The smallest absolute Gasteiger partial charge is 0.120 e. The number of phenols is 4. The molecule has 0 saturated carbocycles. The zero-order valence-electron chi connectivity index (χ0n) is 63.7. The van der Waals surface area contributed by atoms with Crippen molar-refractivity contribution < 1.29 is 25.5 Å². The fourth-order valence-electron chi connectivity index (χ4n) is 12.8. The maximum atomic E-state index is 10.4. The molecule has 12 aromatic rings. The number of halogens is 4. The van der Waals surface area contributed by atoms with E-state index in [0.717, 1.165) is 180 Å². The van der Waals surface area contributed by atoms with Crippen molar-refractivity contribution in [1.82, 2.24) is 39.5 Å². The Hall–Kier alpha value is -7.48. The molecule has 0 aliphatic heterocycles. The number of aromatic nitrogens is 4. The number of likely N-dealkylation sites (N-methyl/N-ethyl adjacent to an activating group) is 1. The molecular formula is C88H104I4N12O5. The highest BCUT2D eigenvalue weighted by atomic mass is 127. The zero-order valence-corrected chi connectivity index (χ0v) is 72.3. The Morgan fingerprint density at radius 3 is 0.927 bits per heavy atom. The van der Waals surface area contributed by atoms with Crippen LogP contribution in [0.2, 0.25) is 0 Å². The number of hydrogen-bond donors (Lipinski definition) is 9. The Morgan fingerprint density at radius 2 is 0.615 bits per heavy atom. The number of unbranched alkanes of at least 4 members (excludes halogenated alkanes) is 6. The predicted molar refractivity (Wildman–Crippen MR) is 488 cm³/mol. The van der Waals surface area contributed by atoms with Crippen LogP contribution in [-0.2, 0) is 26.2 Å². The van der Waals surface area contributed by atoms with Gasteiger partial charge in [-0.05, 0) is 326 Å². The van der Waals surface area contributed by atoms with Gasteiger partial charge in [0.1, 0.15) is 23.0 Å². The van der Waals surface area contributed by atoms with E-state index in [1.807, 2.05) is 98.3 Å². The summed E-state index contributed by atoms with van der Waals surface area (Å²) < 4.78 is 4.66. The number of phenolic OH excluding ortho intramolecular Hbond substituents is 4. The fraction of sp³-hybridized carbons (Fsp3) is 0.318. The molecule has 0 atom stereocenters. The molecule has 0 fully saturated rings. The topological polar surface area (TPSA) is 214 Å². The number of benzene rings is 8. The van der Waals surface area contributed by atoms with E-state index < -0.39 is 0 Å². The second-order valence-corrected chi connectivity index (χ2v) is 32.1. The Kier molecular flexibility index (Phi) is 34.9. The first-order valence-electron chi connectivity index (χ1n) is 37.9. The molecule has 0 spiro atoms. The molecule has 0 saturated heterocycles. The number of fused-ring (bicyclic) bond motifs is 4. The van der Waals surface area contributed by atoms with E-state index in [2.05, 4.69) is 266 Å². The Labute approximate surface area is 698 Å². The maximum absolute atomic E-state index is 10.4. The summed E-state index contributed by atoms with van der Waals surface area (Å²) >= 11 is 9.19. The van der Waals surface area contributed by atoms with Crippen molar-refractivity contribution in [3.8, 4) is 23.0 Å². The number of pyridine rings is 4. The first-order chi connectivity index (χ1) is 52.9. The van der Waals surface area contributed by atoms with Gasteiger partial charge in [-0.2, -0.15) is 0 Å². The molecule has 21 heteroatoms. The fourth-order valence-corrected chi connectivity index (χ4v) is 14.7. The lowest BCUT2D eigenvalue weighted by atomic mass is 10.1. The van der Waals surface area contributed by atoms with Crippen molar-refractivity contribution >= 4 is 179 Å².